The fourth-order valence-electron chi connectivity index (χ4n) is 2.20. The molecule has 2 aliphatic heterocycles. The molecule has 2 atom stereocenters. The summed E-state index contributed by atoms with van der Waals surface area (Å²) in [4.78, 5) is 2.55. The minimum Gasteiger partial charge on any atom is -0.372 e. The average molecular weight is 215 g/mol. The van der Waals surface area contributed by atoms with Crippen LogP contribution in [0.1, 0.15) is 53.9 Å². The Balaban J connectivity index is 0.000000442. The maximum atomic E-state index is 5.73. The summed E-state index contributed by atoms with van der Waals surface area (Å²) >= 11 is 0. The van der Waals surface area contributed by atoms with Crippen molar-refractivity contribution < 1.29 is 4.74 Å². The highest BCUT2D eigenvalue weighted by atomic mass is 16.5. The van der Waals surface area contributed by atoms with Gasteiger partial charge in [-0.25, -0.2) is 0 Å². The number of ether oxygens (including phenoxy) is 1. The van der Waals surface area contributed by atoms with Gasteiger partial charge in [0.2, 0.25) is 0 Å². The monoisotopic (exact) mass is 215 g/mol. The molecule has 2 rings (SSSR count). The van der Waals surface area contributed by atoms with Crippen LogP contribution in [0, 0.1) is 0 Å². The standard InChI is InChI=1S/C9H17NO.2C2H6/c1-2-5-10-6-8-3-4-9(7-10)11-8;2*1-2/h8-9H,2-7H2,1H3;2*1-2H3. The molecule has 2 aliphatic rings. The van der Waals surface area contributed by atoms with Crippen molar-refractivity contribution in [1.82, 2.24) is 4.90 Å². The molecular weight excluding hydrogens is 186 g/mol. The van der Waals surface area contributed by atoms with Crippen molar-refractivity contribution >= 4 is 0 Å². The lowest BCUT2D eigenvalue weighted by atomic mass is 10.2. The van der Waals surface area contributed by atoms with Gasteiger partial charge in [-0.3, -0.25) is 4.90 Å². The molecule has 2 unspecified atom stereocenters. The topological polar surface area (TPSA) is 12.5 Å². The van der Waals surface area contributed by atoms with Crippen LogP contribution in [0.2, 0.25) is 0 Å². The Hall–Kier alpha value is -0.0800. The molecule has 0 spiro atoms. The number of morpholine rings is 1. The molecule has 2 saturated heterocycles. The van der Waals surface area contributed by atoms with E-state index in [0.717, 1.165) is 0 Å². The third-order valence-corrected chi connectivity index (χ3v) is 2.66. The average Bonchev–Trinajstić information content (AvgIpc) is 2.64. The Labute approximate surface area is 96.0 Å². The summed E-state index contributed by atoms with van der Waals surface area (Å²) in [6.07, 6.45) is 5.01. The van der Waals surface area contributed by atoms with Gasteiger partial charge >= 0.3 is 0 Å². The molecule has 0 saturated carbocycles. The predicted molar refractivity (Wildman–Crippen MR) is 67.3 cm³/mol. The van der Waals surface area contributed by atoms with Gasteiger partial charge in [-0.15, -0.1) is 0 Å². The summed E-state index contributed by atoms with van der Waals surface area (Å²) in [6.45, 7) is 13.9. The van der Waals surface area contributed by atoms with Crippen LogP contribution >= 0.6 is 0 Å². The van der Waals surface area contributed by atoms with E-state index < -0.39 is 0 Å². The van der Waals surface area contributed by atoms with Crippen LogP contribution in [0.4, 0.5) is 0 Å². The highest BCUT2D eigenvalue weighted by molar-refractivity contribution is 4.84. The minimum absolute atomic E-state index is 0.570. The molecule has 0 amide bonds. The Morgan fingerprint density at radius 2 is 1.47 bits per heavy atom. The van der Waals surface area contributed by atoms with Gasteiger partial charge in [-0.05, 0) is 25.8 Å². The molecule has 0 N–H and O–H groups in total. The van der Waals surface area contributed by atoms with Crippen molar-refractivity contribution in [3.05, 3.63) is 0 Å². The first kappa shape index (κ1) is 14.9. The molecule has 0 aromatic rings. The number of fused-ring (bicyclic) bond motifs is 2. The second-order valence-electron chi connectivity index (χ2n) is 3.72. The van der Waals surface area contributed by atoms with Gasteiger partial charge in [-0.2, -0.15) is 0 Å². The third kappa shape index (κ3) is 4.98. The molecule has 2 heterocycles. The van der Waals surface area contributed by atoms with Gasteiger partial charge in [0.05, 0.1) is 12.2 Å². The van der Waals surface area contributed by atoms with Crippen LogP contribution in [-0.4, -0.2) is 36.7 Å². The van der Waals surface area contributed by atoms with E-state index in [0.29, 0.717) is 12.2 Å². The summed E-state index contributed by atoms with van der Waals surface area (Å²) in [6, 6.07) is 0. The van der Waals surface area contributed by atoms with Crippen LogP contribution < -0.4 is 0 Å². The summed E-state index contributed by atoms with van der Waals surface area (Å²) in [5.41, 5.74) is 0. The molecular formula is C13H29NO. The number of rotatable bonds is 2. The Bertz CT molecular complexity index is 126. The summed E-state index contributed by atoms with van der Waals surface area (Å²) < 4.78 is 5.73. The molecule has 0 aromatic heterocycles. The van der Waals surface area contributed by atoms with Crippen LogP contribution in [0.5, 0.6) is 0 Å². The smallest absolute Gasteiger partial charge is 0.0707 e. The molecule has 2 heteroatoms. The van der Waals surface area contributed by atoms with Crippen molar-refractivity contribution in [2.24, 2.45) is 0 Å². The van der Waals surface area contributed by atoms with E-state index >= 15 is 0 Å². The van der Waals surface area contributed by atoms with Gasteiger partial charge in [0.25, 0.3) is 0 Å². The lowest BCUT2D eigenvalue weighted by Crippen LogP contribution is -2.42. The van der Waals surface area contributed by atoms with Crippen molar-refractivity contribution in [1.29, 1.82) is 0 Å². The third-order valence-electron chi connectivity index (χ3n) is 2.66. The SMILES string of the molecule is CC.CC.CCCN1CC2CCC(C1)O2. The van der Waals surface area contributed by atoms with Gasteiger partial charge in [0.1, 0.15) is 0 Å². The van der Waals surface area contributed by atoms with Gasteiger partial charge < -0.3 is 4.74 Å². The number of hydrogen-bond acceptors (Lipinski definition) is 2. The highest BCUT2D eigenvalue weighted by Gasteiger charge is 2.32. The number of hydrogen-bond donors (Lipinski definition) is 0. The van der Waals surface area contributed by atoms with Crippen molar-refractivity contribution in [2.75, 3.05) is 19.6 Å². The largest absolute Gasteiger partial charge is 0.372 e. The van der Waals surface area contributed by atoms with Crippen molar-refractivity contribution in [3.8, 4) is 0 Å². The zero-order valence-electron chi connectivity index (χ0n) is 11.3. The van der Waals surface area contributed by atoms with Crippen molar-refractivity contribution in [3.63, 3.8) is 0 Å². The Kier molecular flexibility index (Phi) is 9.12. The highest BCUT2D eigenvalue weighted by Crippen LogP contribution is 2.25. The Morgan fingerprint density at radius 1 is 1.00 bits per heavy atom. The van der Waals surface area contributed by atoms with Crippen LogP contribution in [0.3, 0.4) is 0 Å². The molecule has 2 fully saturated rings. The lowest BCUT2D eigenvalue weighted by Gasteiger charge is -2.31. The molecule has 2 nitrogen and oxygen atoms in total. The molecule has 92 valence electrons. The molecule has 0 aliphatic carbocycles. The van der Waals surface area contributed by atoms with E-state index in [9.17, 15) is 0 Å². The second-order valence-corrected chi connectivity index (χ2v) is 3.72. The number of likely N-dealkylation sites (tertiary alicyclic amines) is 1. The summed E-state index contributed by atoms with van der Waals surface area (Å²) in [7, 11) is 0. The molecule has 0 aromatic carbocycles. The van der Waals surface area contributed by atoms with Gasteiger partial charge in [-0.1, -0.05) is 34.6 Å². The molecule has 2 bridgehead atoms. The first-order valence-electron chi connectivity index (χ1n) is 6.76. The molecule has 0 radical (unpaired) electrons. The maximum Gasteiger partial charge on any atom is 0.0707 e. The fourth-order valence-corrected chi connectivity index (χ4v) is 2.20. The summed E-state index contributed by atoms with van der Waals surface area (Å²) in [5.74, 6) is 0. The number of nitrogens with zero attached hydrogens (tertiary/aromatic N) is 1. The van der Waals surface area contributed by atoms with E-state index in [1.165, 1.54) is 38.9 Å². The normalized spacial score (nSPS) is 28.6. The lowest BCUT2D eigenvalue weighted by molar-refractivity contribution is -0.0380. The fraction of sp³-hybridized carbons (Fsp3) is 1.00. The second kappa shape index (κ2) is 9.17. The van der Waals surface area contributed by atoms with E-state index in [1.54, 1.807) is 0 Å². The van der Waals surface area contributed by atoms with Gasteiger partial charge in [0.15, 0.2) is 0 Å². The first-order chi connectivity index (χ1) is 7.38. The first-order valence-corrected chi connectivity index (χ1v) is 6.76. The Morgan fingerprint density at radius 3 is 1.87 bits per heavy atom. The van der Waals surface area contributed by atoms with E-state index in [-0.39, 0.29) is 0 Å². The molecule has 15 heavy (non-hydrogen) atoms. The van der Waals surface area contributed by atoms with E-state index in [4.69, 9.17) is 4.74 Å². The maximum absolute atomic E-state index is 5.73. The minimum atomic E-state index is 0.570. The van der Waals surface area contributed by atoms with E-state index in [1.807, 2.05) is 27.7 Å². The van der Waals surface area contributed by atoms with E-state index in [2.05, 4.69) is 11.8 Å². The van der Waals surface area contributed by atoms with Crippen LogP contribution in [0.25, 0.3) is 0 Å². The predicted octanol–water partition coefficient (Wildman–Crippen LogP) is 3.31. The van der Waals surface area contributed by atoms with Crippen molar-refractivity contribution in [2.45, 2.75) is 66.1 Å². The zero-order chi connectivity index (χ0) is 11.7. The zero-order valence-corrected chi connectivity index (χ0v) is 11.3. The van der Waals surface area contributed by atoms with Crippen LogP contribution in [0.15, 0.2) is 0 Å². The summed E-state index contributed by atoms with van der Waals surface area (Å²) in [5, 5.41) is 0. The van der Waals surface area contributed by atoms with Crippen LogP contribution in [-0.2, 0) is 4.74 Å². The van der Waals surface area contributed by atoms with Gasteiger partial charge in [0, 0.05) is 13.1 Å². The quantitative estimate of drug-likeness (QED) is 0.700.